The van der Waals surface area contributed by atoms with Crippen LogP contribution in [0.2, 0.25) is 10.0 Å². The standard InChI is InChI=1S/C34H39Cl2N3O5S/c1-33(2,3)44-32(41)37-27-14-9-15-34(27)16-18-39(19-17-34)24-20-25(43-21-22-10-6-5-7-11-22)30(38-29(24)31(40)42-4)45-26-13-8-12-23(35)28(26)36/h5-8,10-13,20,27H,9,14-19,21H2,1-4H3,(H,37,41)/t27-/m1/s1. The molecule has 5 rings (SSSR count). The van der Waals surface area contributed by atoms with Crippen LogP contribution < -0.4 is 15.0 Å². The summed E-state index contributed by atoms with van der Waals surface area (Å²) in [6.07, 6.45) is 4.33. The number of rotatable bonds is 8. The maximum Gasteiger partial charge on any atom is 0.407 e. The maximum atomic E-state index is 13.2. The lowest BCUT2D eigenvalue weighted by atomic mass is 9.74. The third-order valence-corrected chi connectivity index (χ3v) is 10.3. The SMILES string of the molecule is COC(=O)c1nc(Sc2cccc(Cl)c2Cl)c(OCc2ccccc2)cc1N1CCC2(CCC[C@H]2NC(=O)OC(C)(C)C)CC1. The van der Waals surface area contributed by atoms with Gasteiger partial charge >= 0.3 is 12.1 Å². The van der Waals surface area contributed by atoms with Crippen LogP contribution in [0.25, 0.3) is 0 Å². The second-order valence-electron chi connectivity index (χ2n) is 12.5. The first-order chi connectivity index (χ1) is 21.5. The maximum absolute atomic E-state index is 13.2. The molecule has 2 heterocycles. The van der Waals surface area contributed by atoms with Crippen LogP contribution in [-0.4, -0.2) is 48.9 Å². The first-order valence-electron chi connectivity index (χ1n) is 15.1. The normalized spacial score (nSPS) is 17.6. The molecule has 1 aliphatic heterocycles. The molecule has 11 heteroatoms. The van der Waals surface area contributed by atoms with Gasteiger partial charge in [0, 0.05) is 30.1 Å². The van der Waals surface area contributed by atoms with E-state index in [1.54, 1.807) is 6.07 Å². The number of esters is 1. The second-order valence-corrected chi connectivity index (χ2v) is 14.3. The van der Waals surface area contributed by atoms with Crippen molar-refractivity contribution in [2.45, 2.75) is 81.0 Å². The van der Waals surface area contributed by atoms with Crippen molar-refractivity contribution in [1.82, 2.24) is 10.3 Å². The summed E-state index contributed by atoms with van der Waals surface area (Å²) in [4.78, 5) is 33.5. The van der Waals surface area contributed by atoms with Crippen molar-refractivity contribution in [2.75, 3.05) is 25.1 Å². The number of aromatic nitrogens is 1. The van der Waals surface area contributed by atoms with Gasteiger partial charge in [0.2, 0.25) is 0 Å². The van der Waals surface area contributed by atoms with Gasteiger partial charge in [0.15, 0.2) is 11.4 Å². The number of halogens is 2. The average molecular weight is 673 g/mol. The summed E-state index contributed by atoms with van der Waals surface area (Å²) in [7, 11) is 1.35. The van der Waals surface area contributed by atoms with Gasteiger partial charge in [-0.05, 0) is 69.6 Å². The Morgan fingerprint density at radius 3 is 2.49 bits per heavy atom. The number of amides is 1. The lowest BCUT2D eigenvalue weighted by Crippen LogP contribution is -2.51. The minimum absolute atomic E-state index is 0.0297. The Hall–Kier alpha value is -3.14. The lowest BCUT2D eigenvalue weighted by molar-refractivity contribution is 0.0441. The van der Waals surface area contributed by atoms with Gasteiger partial charge in [0.05, 0.1) is 22.8 Å². The number of carbonyl (C=O) groups is 2. The van der Waals surface area contributed by atoms with Crippen LogP contribution in [0.5, 0.6) is 5.75 Å². The molecule has 1 amide bonds. The Morgan fingerprint density at radius 2 is 1.80 bits per heavy atom. The fourth-order valence-electron chi connectivity index (χ4n) is 6.14. The van der Waals surface area contributed by atoms with Crippen LogP contribution in [0.15, 0.2) is 64.5 Å². The van der Waals surface area contributed by atoms with Crippen molar-refractivity contribution in [3.05, 3.63) is 75.9 Å². The summed E-state index contributed by atoms with van der Waals surface area (Å²) in [5, 5.41) is 4.46. The summed E-state index contributed by atoms with van der Waals surface area (Å²) in [6.45, 7) is 7.29. The van der Waals surface area contributed by atoms with Gasteiger partial charge < -0.3 is 24.4 Å². The highest BCUT2D eigenvalue weighted by Crippen LogP contribution is 2.48. The van der Waals surface area contributed by atoms with Crippen LogP contribution in [0.3, 0.4) is 0 Å². The van der Waals surface area contributed by atoms with E-state index in [0.717, 1.165) is 37.7 Å². The van der Waals surface area contributed by atoms with Gasteiger partial charge in [-0.2, -0.15) is 0 Å². The molecule has 1 saturated carbocycles. The Balaban J connectivity index is 1.43. The topological polar surface area (TPSA) is 90.0 Å². The molecule has 1 aliphatic carbocycles. The zero-order chi connectivity index (χ0) is 32.2. The van der Waals surface area contributed by atoms with Gasteiger partial charge in [-0.3, -0.25) is 0 Å². The molecule has 2 aliphatic rings. The molecule has 1 N–H and O–H groups in total. The highest BCUT2D eigenvalue weighted by Gasteiger charge is 2.46. The number of hydrogen-bond acceptors (Lipinski definition) is 8. The highest BCUT2D eigenvalue weighted by molar-refractivity contribution is 7.99. The molecule has 0 bridgehead atoms. The summed E-state index contributed by atoms with van der Waals surface area (Å²) in [5.74, 6) is -0.0163. The molecule has 0 radical (unpaired) electrons. The summed E-state index contributed by atoms with van der Waals surface area (Å²) in [5.41, 5.74) is 1.27. The number of nitrogens with one attached hydrogen (secondary N) is 1. The summed E-state index contributed by atoms with van der Waals surface area (Å²) < 4.78 is 17.1. The van der Waals surface area contributed by atoms with Crippen LogP contribution in [0.4, 0.5) is 10.5 Å². The Morgan fingerprint density at radius 1 is 1.07 bits per heavy atom. The van der Waals surface area contributed by atoms with E-state index in [1.165, 1.54) is 18.9 Å². The Kier molecular flexibility index (Phi) is 10.4. The van der Waals surface area contributed by atoms with Gasteiger partial charge in [-0.25, -0.2) is 14.6 Å². The van der Waals surface area contributed by atoms with Crippen LogP contribution in [0.1, 0.15) is 68.9 Å². The molecule has 240 valence electrons. The lowest BCUT2D eigenvalue weighted by Gasteiger charge is -2.44. The number of methoxy groups -OCH3 is 1. The predicted molar refractivity (Wildman–Crippen MR) is 178 cm³/mol. The third-order valence-electron chi connectivity index (χ3n) is 8.37. The fourth-order valence-corrected chi connectivity index (χ4v) is 7.52. The largest absolute Gasteiger partial charge is 0.486 e. The van der Waals surface area contributed by atoms with Gasteiger partial charge in [0.25, 0.3) is 0 Å². The molecule has 0 unspecified atom stereocenters. The van der Waals surface area contributed by atoms with E-state index in [2.05, 4.69) is 10.2 Å². The van der Waals surface area contributed by atoms with Crippen molar-refractivity contribution >= 4 is 52.7 Å². The number of piperidine rings is 1. The molecule has 2 fully saturated rings. The molecular formula is C34H39Cl2N3O5S. The molecule has 3 aromatic rings. The quantitative estimate of drug-likeness (QED) is 0.238. The monoisotopic (exact) mass is 671 g/mol. The van der Waals surface area contributed by atoms with Crippen molar-refractivity contribution in [3.8, 4) is 5.75 Å². The minimum Gasteiger partial charge on any atom is -0.486 e. The van der Waals surface area contributed by atoms with Crippen molar-refractivity contribution in [3.63, 3.8) is 0 Å². The zero-order valence-electron chi connectivity index (χ0n) is 26.0. The van der Waals surface area contributed by atoms with Crippen LogP contribution >= 0.6 is 35.0 Å². The Labute approximate surface area is 279 Å². The number of nitrogens with zero attached hydrogens (tertiary/aromatic N) is 2. The molecule has 2 aromatic carbocycles. The number of pyridine rings is 1. The van der Waals surface area contributed by atoms with E-state index in [4.69, 9.17) is 42.4 Å². The third kappa shape index (κ3) is 7.99. The molecule has 8 nitrogen and oxygen atoms in total. The first kappa shape index (κ1) is 33.2. The van der Waals surface area contributed by atoms with E-state index in [1.807, 2.05) is 69.3 Å². The average Bonchev–Trinajstić information content (AvgIpc) is 3.38. The second kappa shape index (κ2) is 14.1. The number of carbonyl (C=O) groups excluding carboxylic acids is 2. The highest BCUT2D eigenvalue weighted by atomic mass is 35.5. The fraction of sp³-hybridized carbons (Fsp3) is 0.441. The van der Waals surface area contributed by atoms with Gasteiger partial charge in [-0.1, -0.05) is 77.8 Å². The number of ether oxygens (including phenoxy) is 3. The van der Waals surface area contributed by atoms with E-state index in [0.29, 0.717) is 51.1 Å². The molecular weight excluding hydrogens is 633 g/mol. The van der Waals surface area contributed by atoms with Crippen molar-refractivity contribution in [1.29, 1.82) is 0 Å². The number of benzene rings is 2. The van der Waals surface area contributed by atoms with Crippen LogP contribution in [0, 0.1) is 5.41 Å². The van der Waals surface area contributed by atoms with Gasteiger partial charge in [0.1, 0.15) is 17.2 Å². The van der Waals surface area contributed by atoms with E-state index in [-0.39, 0.29) is 23.2 Å². The van der Waals surface area contributed by atoms with E-state index >= 15 is 0 Å². The zero-order valence-corrected chi connectivity index (χ0v) is 28.4. The van der Waals surface area contributed by atoms with Crippen LogP contribution in [-0.2, 0) is 16.1 Å². The van der Waals surface area contributed by atoms with E-state index in [9.17, 15) is 9.59 Å². The smallest absolute Gasteiger partial charge is 0.407 e. The van der Waals surface area contributed by atoms with E-state index < -0.39 is 11.6 Å². The van der Waals surface area contributed by atoms with Crippen molar-refractivity contribution in [2.24, 2.45) is 5.41 Å². The van der Waals surface area contributed by atoms with Crippen molar-refractivity contribution < 1.29 is 23.8 Å². The number of alkyl carbamates (subject to hydrolysis) is 1. The molecule has 45 heavy (non-hydrogen) atoms. The summed E-state index contributed by atoms with van der Waals surface area (Å²) in [6, 6.07) is 17.2. The van der Waals surface area contributed by atoms with Gasteiger partial charge in [-0.15, -0.1) is 0 Å². The Bertz CT molecular complexity index is 1520. The minimum atomic E-state index is -0.556. The molecule has 1 aromatic heterocycles. The number of anilines is 1. The molecule has 1 atom stereocenters. The first-order valence-corrected chi connectivity index (χ1v) is 16.7. The predicted octanol–water partition coefficient (Wildman–Crippen LogP) is 8.57. The summed E-state index contributed by atoms with van der Waals surface area (Å²) >= 11 is 14.1. The molecule has 1 spiro atoms. The number of hydrogen-bond donors (Lipinski definition) is 1. The molecule has 1 saturated heterocycles.